The number of benzene rings is 1. The molecule has 1 atom stereocenters. The monoisotopic (exact) mass is 252 g/mol. The Morgan fingerprint density at radius 1 is 1.41 bits per heavy atom. The fourth-order valence-electron chi connectivity index (χ4n) is 1.32. The number of hydrogen-bond donors (Lipinski definition) is 2. The Balaban J connectivity index is 2.55. The average Bonchev–Trinajstić information content (AvgIpc) is 2.29. The van der Waals surface area contributed by atoms with E-state index in [1.54, 1.807) is 0 Å². The Kier molecular flexibility index (Phi) is 5.77. The van der Waals surface area contributed by atoms with Gasteiger partial charge in [0.15, 0.2) is 5.11 Å². The van der Waals surface area contributed by atoms with Gasteiger partial charge in [-0.15, -0.1) is 0 Å². The highest BCUT2D eigenvalue weighted by molar-refractivity contribution is 7.80. The van der Waals surface area contributed by atoms with Gasteiger partial charge in [0.1, 0.15) is 5.75 Å². The van der Waals surface area contributed by atoms with Gasteiger partial charge in [-0.05, 0) is 44.6 Å². The number of anilines is 1. The van der Waals surface area contributed by atoms with Gasteiger partial charge in [-0.1, -0.05) is 13.0 Å². The highest BCUT2D eigenvalue weighted by Gasteiger charge is 2.02. The van der Waals surface area contributed by atoms with E-state index in [1.165, 1.54) is 0 Å². The Morgan fingerprint density at radius 2 is 2.18 bits per heavy atom. The van der Waals surface area contributed by atoms with Crippen molar-refractivity contribution in [2.24, 2.45) is 0 Å². The fraction of sp³-hybridized carbons (Fsp3) is 0.462. The topological polar surface area (TPSA) is 33.3 Å². The van der Waals surface area contributed by atoms with Crippen LogP contribution in [0.1, 0.15) is 27.2 Å². The third-order valence-electron chi connectivity index (χ3n) is 2.39. The molecule has 0 aliphatic rings. The first kappa shape index (κ1) is 13.8. The predicted octanol–water partition coefficient (Wildman–Crippen LogP) is 3.17. The molecule has 4 heteroatoms. The first-order valence-electron chi connectivity index (χ1n) is 5.96. The minimum Gasteiger partial charge on any atom is -0.494 e. The zero-order valence-electron chi connectivity index (χ0n) is 10.6. The third kappa shape index (κ3) is 5.04. The van der Waals surface area contributed by atoms with Crippen molar-refractivity contribution in [2.45, 2.75) is 33.2 Å². The number of ether oxygens (including phenoxy) is 1. The van der Waals surface area contributed by atoms with Crippen molar-refractivity contribution in [3.8, 4) is 5.75 Å². The van der Waals surface area contributed by atoms with Crippen molar-refractivity contribution >= 4 is 23.0 Å². The lowest BCUT2D eigenvalue weighted by atomic mass is 10.3. The second-order valence-electron chi connectivity index (χ2n) is 3.87. The minimum absolute atomic E-state index is 0.380. The summed E-state index contributed by atoms with van der Waals surface area (Å²) in [5.41, 5.74) is 0.941. The number of hydrogen-bond acceptors (Lipinski definition) is 2. The van der Waals surface area contributed by atoms with Crippen LogP contribution in [0.15, 0.2) is 24.3 Å². The number of nitrogens with one attached hydrogen (secondary N) is 2. The largest absolute Gasteiger partial charge is 0.494 e. The van der Waals surface area contributed by atoms with Gasteiger partial charge in [0, 0.05) is 17.8 Å². The summed E-state index contributed by atoms with van der Waals surface area (Å²) < 4.78 is 5.43. The van der Waals surface area contributed by atoms with E-state index in [2.05, 4.69) is 24.5 Å². The molecule has 0 unspecified atom stereocenters. The van der Waals surface area contributed by atoms with Crippen LogP contribution in [0.4, 0.5) is 5.69 Å². The van der Waals surface area contributed by atoms with Crippen LogP contribution < -0.4 is 15.4 Å². The van der Waals surface area contributed by atoms with Crippen molar-refractivity contribution in [2.75, 3.05) is 11.9 Å². The van der Waals surface area contributed by atoms with E-state index in [0.29, 0.717) is 17.8 Å². The molecule has 0 amide bonds. The molecule has 17 heavy (non-hydrogen) atoms. The van der Waals surface area contributed by atoms with Gasteiger partial charge in [0.25, 0.3) is 0 Å². The van der Waals surface area contributed by atoms with E-state index < -0.39 is 0 Å². The van der Waals surface area contributed by atoms with Gasteiger partial charge in [-0.25, -0.2) is 0 Å². The van der Waals surface area contributed by atoms with Crippen LogP contribution in [-0.4, -0.2) is 17.8 Å². The van der Waals surface area contributed by atoms with Gasteiger partial charge >= 0.3 is 0 Å². The standard InChI is InChI=1S/C13H20N2OS/c1-4-10(3)14-13(17)15-11-7-6-8-12(9-11)16-5-2/h6-10H,4-5H2,1-3H3,(H2,14,15,17)/t10-/m1/s1. The molecule has 94 valence electrons. The van der Waals surface area contributed by atoms with Crippen LogP contribution >= 0.6 is 12.2 Å². The van der Waals surface area contributed by atoms with E-state index in [4.69, 9.17) is 17.0 Å². The maximum Gasteiger partial charge on any atom is 0.170 e. The van der Waals surface area contributed by atoms with E-state index in [1.807, 2.05) is 31.2 Å². The number of rotatable bonds is 5. The second-order valence-corrected chi connectivity index (χ2v) is 4.28. The molecular weight excluding hydrogens is 232 g/mol. The summed E-state index contributed by atoms with van der Waals surface area (Å²) in [4.78, 5) is 0. The predicted molar refractivity (Wildman–Crippen MR) is 76.7 cm³/mol. The molecule has 1 aromatic carbocycles. The maximum atomic E-state index is 5.43. The van der Waals surface area contributed by atoms with Crippen LogP contribution in [0.2, 0.25) is 0 Å². The lowest BCUT2D eigenvalue weighted by Crippen LogP contribution is -2.35. The molecule has 0 heterocycles. The summed E-state index contributed by atoms with van der Waals surface area (Å²) in [6, 6.07) is 8.16. The smallest absolute Gasteiger partial charge is 0.170 e. The Labute approximate surface area is 109 Å². The zero-order valence-corrected chi connectivity index (χ0v) is 11.4. The van der Waals surface area contributed by atoms with Crippen LogP contribution in [0.5, 0.6) is 5.75 Å². The minimum atomic E-state index is 0.380. The van der Waals surface area contributed by atoms with Crippen molar-refractivity contribution in [3.63, 3.8) is 0 Å². The molecule has 1 aromatic rings. The first-order chi connectivity index (χ1) is 8.15. The molecule has 1 rings (SSSR count). The van der Waals surface area contributed by atoms with Gasteiger partial charge in [0.2, 0.25) is 0 Å². The molecule has 0 aromatic heterocycles. The first-order valence-corrected chi connectivity index (χ1v) is 6.37. The van der Waals surface area contributed by atoms with Crippen LogP contribution in [0, 0.1) is 0 Å². The lowest BCUT2D eigenvalue weighted by molar-refractivity contribution is 0.340. The molecule has 0 spiro atoms. The van der Waals surface area contributed by atoms with Gasteiger partial charge < -0.3 is 15.4 Å². The zero-order chi connectivity index (χ0) is 12.7. The van der Waals surface area contributed by atoms with Crippen molar-refractivity contribution in [1.82, 2.24) is 5.32 Å². The normalized spacial score (nSPS) is 11.7. The molecule has 0 bridgehead atoms. The molecule has 0 saturated carbocycles. The average molecular weight is 252 g/mol. The van der Waals surface area contributed by atoms with Crippen LogP contribution in [0.3, 0.4) is 0 Å². The summed E-state index contributed by atoms with van der Waals surface area (Å²) >= 11 is 5.22. The molecule has 2 N–H and O–H groups in total. The third-order valence-corrected chi connectivity index (χ3v) is 2.61. The van der Waals surface area contributed by atoms with E-state index >= 15 is 0 Å². The van der Waals surface area contributed by atoms with E-state index in [9.17, 15) is 0 Å². The molecule has 0 fully saturated rings. The maximum absolute atomic E-state index is 5.43. The molecular formula is C13H20N2OS. The van der Waals surface area contributed by atoms with Gasteiger partial charge in [0.05, 0.1) is 6.61 Å². The van der Waals surface area contributed by atoms with Crippen LogP contribution in [-0.2, 0) is 0 Å². The second kappa shape index (κ2) is 7.12. The quantitative estimate of drug-likeness (QED) is 0.789. The van der Waals surface area contributed by atoms with Gasteiger partial charge in [-0.2, -0.15) is 0 Å². The van der Waals surface area contributed by atoms with Crippen molar-refractivity contribution < 1.29 is 4.74 Å². The molecule has 3 nitrogen and oxygen atoms in total. The molecule has 0 aliphatic carbocycles. The Hall–Kier alpha value is -1.29. The Morgan fingerprint density at radius 3 is 2.82 bits per heavy atom. The van der Waals surface area contributed by atoms with Gasteiger partial charge in [-0.3, -0.25) is 0 Å². The summed E-state index contributed by atoms with van der Waals surface area (Å²) in [6.07, 6.45) is 1.04. The summed E-state index contributed by atoms with van der Waals surface area (Å²) in [5.74, 6) is 0.851. The molecule has 0 saturated heterocycles. The lowest BCUT2D eigenvalue weighted by Gasteiger charge is -2.15. The summed E-state index contributed by atoms with van der Waals surface area (Å²) in [7, 11) is 0. The molecule has 0 radical (unpaired) electrons. The van der Waals surface area contributed by atoms with Crippen LogP contribution in [0.25, 0.3) is 0 Å². The van der Waals surface area contributed by atoms with E-state index in [0.717, 1.165) is 17.9 Å². The molecule has 0 aliphatic heterocycles. The SMILES string of the molecule is CCOc1cccc(NC(=S)N[C@H](C)CC)c1. The fourth-order valence-corrected chi connectivity index (χ4v) is 1.64. The summed E-state index contributed by atoms with van der Waals surface area (Å²) in [6.45, 7) is 6.86. The summed E-state index contributed by atoms with van der Waals surface area (Å²) in [5, 5.41) is 7.00. The van der Waals surface area contributed by atoms with Crippen molar-refractivity contribution in [3.05, 3.63) is 24.3 Å². The van der Waals surface area contributed by atoms with E-state index in [-0.39, 0.29) is 0 Å². The number of thiocarbonyl (C=S) groups is 1. The van der Waals surface area contributed by atoms with Crippen molar-refractivity contribution in [1.29, 1.82) is 0 Å². The Bertz CT molecular complexity index is 368. The highest BCUT2D eigenvalue weighted by atomic mass is 32.1. The highest BCUT2D eigenvalue weighted by Crippen LogP contribution is 2.17.